The summed E-state index contributed by atoms with van der Waals surface area (Å²) in [6.07, 6.45) is 2.73. The van der Waals surface area contributed by atoms with Crippen molar-refractivity contribution in [2.24, 2.45) is 0 Å². The summed E-state index contributed by atoms with van der Waals surface area (Å²) in [5.74, 6) is -0.315. The highest BCUT2D eigenvalue weighted by Crippen LogP contribution is 2.30. The van der Waals surface area contributed by atoms with Crippen molar-refractivity contribution in [3.05, 3.63) is 71.8 Å². The Hall–Kier alpha value is -2.55. The van der Waals surface area contributed by atoms with Crippen molar-refractivity contribution in [3.63, 3.8) is 0 Å². The van der Waals surface area contributed by atoms with Crippen LogP contribution in [0.3, 0.4) is 0 Å². The SMILES string of the molecule is C=C(C)C(=O)OC(CCCC)CN(c1ccccc1)c1ccc(C)cc1C. The van der Waals surface area contributed by atoms with Gasteiger partial charge in [0.1, 0.15) is 6.10 Å². The zero-order valence-electron chi connectivity index (χ0n) is 17.0. The fourth-order valence-corrected chi connectivity index (χ4v) is 3.13. The molecule has 1 atom stereocenters. The van der Waals surface area contributed by atoms with Gasteiger partial charge in [0.05, 0.1) is 6.54 Å². The van der Waals surface area contributed by atoms with Crippen LogP contribution in [0.4, 0.5) is 11.4 Å². The zero-order chi connectivity index (χ0) is 19.8. The van der Waals surface area contributed by atoms with E-state index in [4.69, 9.17) is 4.74 Å². The second kappa shape index (κ2) is 9.96. The lowest BCUT2D eigenvalue weighted by Gasteiger charge is -2.31. The van der Waals surface area contributed by atoms with Gasteiger partial charge in [-0.05, 0) is 57.4 Å². The predicted molar refractivity (Wildman–Crippen MR) is 114 cm³/mol. The first-order chi connectivity index (χ1) is 12.9. The number of esters is 1. The molecule has 0 spiro atoms. The molecule has 27 heavy (non-hydrogen) atoms. The first-order valence-corrected chi connectivity index (χ1v) is 9.68. The van der Waals surface area contributed by atoms with Gasteiger partial charge in [-0.15, -0.1) is 0 Å². The molecule has 0 saturated heterocycles. The highest BCUT2D eigenvalue weighted by Gasteiger charge is 2.21. The van der Waals surface area contributed by atoms with E-state index in [-0.39, 0.29) is 12.1 Å². The Bertz CT molecular complexity index is 767. The van der Waals surface area contributed by atoms with Crippen LogP contribution in [0.2, 0.25) is 0 Å². The van der Waals surface area contributed by atoms with Crippen molar-refractivity contribution in [1.82, 2.24) is 0 Å². The number of ether oxygens (including phenoxy) is 1. The number of unbranched alkanes of at least 4 members (excludes halogenated alkanes) is 1. The van der Waals surface area contributed by atoms with Gasteiger partial charge < -0.3 is 9.64 Å². The first kappa shape index (κ1) is 20.8. The van der Waals surface area contributed by atoms with Crippen molar-refractivity contribution < 1.29 is 9.53 Å². The van der Waals surface area contributed by atoms with E-state index in [9.17, 15) is 4.79 Å². The number of nitrogens with zero attached hydrogens (tertiary/aromatic N) is 1. The number of carbonyl (C=O) groups is 1. The summed E-state index contributed by atoms with van der Waals surface area (Å²) in [7, 11) is 0. The summed E-state index contributed by atoms with van der Waals surface area (Å²) in [5.41, 5.74) is 5.12. The van der Waals surface area contributed by atoms with Crippen LogP contribution in [-0.2, 0) is 9.53 Å². The molecule has 0 aliphatic rings. The minimum atomic E-state index is -0.315. The minimum absolute atomic E-state index is 0.185. The van der Waals surface area contributed by atoms with E-state index < -0.39 is 0 Å². The molecule has 3 nitrogen and oxygen atoms in total. The van der Waals surface area contributed by atoms with Gasteiger partial charge in [-0.25, -0.2) is 4.79 Å². The molecule has 0 amide bonds. The van der Waals surface area contributed by atoms with Crippen LogP contribution in [0.5, 0.6) is 0 Å². The molecule has 0 N–H and O–H groups in total. The third kappa shape index (κ3) is 5.99. The summed E-state index contributed by atoms with van der Waals surface area (Å²) < 4.78 is 5.77. The molecule has 0 aliphatic carbocycles. The zero-order valence-corrected chi connectivity index (χ0v) is 17.0. The fourth-order valence-electron chi connectivity index (χ4n) is 3.13. The van der Waals surface area contributed by atoms with Crippen molar-refractivity contribution in [2.45, 2.75) is 53.1 Å². The number of anilines is 2. The molecule has 2 aromatic rings. The van der Waals surface area contributed by atoms with Crippen molar-refractivity contribution in [3.8, 4) is 0 Å². The Morgan fingerprint density at radius 1 is 1.15 bits per heavy atom. The molecular formula is C24H31NO2. The molecule has 2 aromatic carbocycles. The topological polar surface area (TPSA) is 29.5 Å². The van der Waals surface area contributed by atoms with Gasteiger partial charge in [0, 0.05) is 16.9 Å². The maximum absolute atomic E-state index is 12.1. The number of hydrogen-bond acceptors (Lipinski definition) is 3. The number of benzene rings is 2. The first-order valence-electron chi connectivity index (χ1n) is 9.68. The third-order valence-electron chi connectivity index (χ3n) is 4.60. The lowest BCUT2D eigenvalue weighted by Crippen LogP contribution is -2.33. The molecule has 0 radical (unpaired) electrons. The highest BCUT2D eigenvalue weighted by molar-refractivity contribution is 5.87. The van der Waals surface area contributed by atoms with Crippen LogP contribution < -0.4 is 4.90 Å². The standard InChI is InChI=1S/C24H31NO2/c1-6-7-13-22(27-24(26)18(2)3)17-25(21-11-9-8-10-12-21)23-15-14-19(4)16-20(23)5/h8-12,14-16,22H,2,6-7,13,17H2,1,3-5H3. The predicted octanol–water partition coefficient (Wildman–Crippen LogP) is 6.12. The number of para-hydroxylation sites is 1. The summed E-state index contributed by atoms with van der Waals surface area (Å²) in [6, 6.07) is 16.7. The second-order valence-electron chi connectivity index (χ2n) is 7.19. The van der Waals surface area contributed by atoms with E-state index in [2.05, 4.69) is 62.6 Å². The van der Waals surface area contributed by atoms with Crippen LogP contribution in [0.15, 0.2) is 60.7 Å². The molecule has 0 fully saturated rings. The largest absolute Gasteiger partial charge is 0.457 e. The summed E-state index contributed by atoms with van der Waals surface area (Å²) in [6.45, 7) is 12.4. The molecule has 0 saturated carbocycles. The Balaban J connectivity index is 2.35. The highest BCUT2D eigenvalue weighted by atomic mass is 16.5. The van der Waals surface area contributed by atoms with Crippen LogP contribution in [0.25, 0.3) is 0 Å². The fraction of sp³-hybridized carbons (Fsp3) is 0.375. The van der Waals surface area contributed by atoms with E-state index in [1.54, 1.807) is 6.92 Å². The van der Waals surface area contributed by atoms with Gasteiger partial charge >= 0.3 is 5.97 Å². The van der Waals surface area contributed by atoms with Gasteiger partial charge in [0.25, 0.3) is 0 Å². The average molecular weight is 366 g/mol. The van der Waals surface area contributed by atoms with E-state index >= 15 is 0 Å². The summed E-state index contributed by atoms with van der Waals surface area (Å²) in [5, 5.41) is 0. The van der Waals surface area contributed by atoms with Crippen LogP contribution >= 0.6 is 0 Å². The number of rotatable bonds is 9. The number of hydrogen-bond donors (Lipinski definition) is 0. The Morgan fingerprint density at radius 3 is 2.44 bits per heavy atom. The van der Waals surface area contributed by atoms with Crippen molar-refractivity contribution >= 4 is 17.3 Å². The van der Waals surface area contributed by atoms with E-state index in [1.807, 2.05) is 18.2 Å². The van der Waals surface area contributed by atoms with E-state index in [1.165, 1.54) is 11.1 Å². The van der Waals surface area contributed by atoms with Gasteiger partial charge in [-0.1, -0.05) is 55.8 Å². The Labute approximate surface area is 163 Å². The summed E-state index contributed by atoms with van der Waals surface area (Å²) in [4.78, 5) is 14.4. The Morgan fingerprint density at radius 2 is 1.85 bits per heavy atom. The van der Waals surface area contributed by atoms with Gasteiger partial charge in [0.15, 0.2) is 0 Å². The molecule has 0 aromatic heterocycles. The molecule has 2 rings (SSSR count). The average Bonchev–Trinajstić information content (AvgIpc) is 2.65. The molecular weight excluding hydrogens is 334 g/mol. The van der Waals surface area contributed by atoms with Gasteiger partial charge in [0.2, 0.25) is 0 Å². The maximum atomic E-state index is 12.1. The van der Waals surface area contributed by atoms with Gasteiger partial charge in [-0.3, -0.25) is 0 Å². The molecule has 144 valence electrons. The molecule has 1 unspecified atom stereocenters. The number of carbonyl (C=O) groups excluding carboxylic acids is 1. The second-order valence-corrected chi connectivity index (χ2v) is 7.19. The maximum Gasteiger partial charge on any atom is 0.333 e. The molecule has 0 bridgehead atoms. The normalized spacial score (nSPS) is 11.7. The van der Waals surface area contributed by atoms with Crippen LogP contribution in [0.1, 0.15) is 44.2 Å². The lowest BCUT2D eigenvalue weighted by atomic mass is 10.1. The molecule has 3 heteroatoms. The lowest BCUT2D eigenvalue weighted by molar-refractivity contribution is -0.144. The van der Waals surface area contributed by atoms with Crippen LogP contribution in [-0.4, -0.2) is 18.6 Å². The van der Waals surface area contributed by atoms with Gasteiger partial charge in [-0.2, -0.15) is 0 Å². The Kier molecular flexibility index (Phi) is 7.66. The van der Waals surface area contributed by atoms with E-state index in [0.717, 1.165) is 30.6 Å². The minimum Gasteiger partial charge on any atom is -0.457 e. The molecule has 0 aliphatic heterocycles. The number of aryl methyl sites for hydroxylation is 2. The monoisotopic (exact) mass is 365 g/mol. The smallest absolute Gasteiger partial charge is 0.333 e. The van der Waals surface area contributed by atoms with Crippen molar-refractivity contribution in [1.29, 1.82) is 0 Å². The quantitative estimate of drug-likeness (QED) is 0.396. The van der Waals surface area contributed by atoms with Crippen molar-refractivity contribution in [2.75, 3.05) is 11.4 Å². The van der Waals surface area contributed by atoms with E-state index in [0.29, 0.717) is 12.1 Å². The third-order valence-corrected chi connectivity index (χ3v) is 4.60. The summed E-state index contributed by atoms with van der Waals surface area (Å²) >= 11 is 0. The van der Waals surface area contributed by atoms with Crippen LogP contribution in [0, 0.1) is 13.8 Å². The molecule has 0 heterocycles.